The van der Waals surface area contributed by atoms with Crippen molar-refractivity contribution in [3.8, 4) is 5.75 Å². The van der Waals surface area contributed by atoms with Crippen LogP contribution in [-0.4, -0.2) is 25.4 Å². The number of carbonyl (C=O) groups excluding carboxylic acids is 2. The minimum Gasteiger partial charge on any atom is -0.465 e. The largest absolute Gasteiger partial charge is 0.465 e. The third-order valence-electron chi connectivity index (χ3n) is 1.96. The minimum atomic E-state index is -0.407. The predicted octanol–water partition coefficient (Wildman–Crippen LogP) is 1.91. The highest BCUT2D eigenvalue weighted by atomic mass is 35.5. The predicted molar refractivity (Wildman–Crippen MR) is 70.9 cm³/mol. The van der Waals surface area contributed by atoms with Crippen LogP contribution in [0.2, 0.25) is 5.02 Å². The van der Waals surface area contributed by atoms with E-state index in [0.717, 1.165) is 0 Å². The molecule has 0 fully saturated rings. The molecule has 0 aliphatic rings. The molecule has 102 valence electrons. The second-order valence-electron chi connectivity index (χ2n) is 3.41. The van der Waals surface area contributed by atoms with Crippen LogP contribution < -0.4 is 10.1 Å². The number of esters is 1. The van der Waals surface area contributed by atoms with Crippen LogP contribution in [0.3, 0.4) is 0 Å². The molecular formula is C13H14ClNO4. The summed E-state index contributed by atoms with van der Waals surface area (Å²) in [6.45, 7) is 2.00. The summed E-state index contributed by atoms with van der Waals surface area (Å²) in [6.07, 6.45) is 1.84. The normalized spacial score (nSPS) is 10.7. The van der Waals surface area contributed by atoms with Crippen LogP contribution in [0.15, 0.2) is 36.2 Å². The van der Waals surface area contributed by atoms with Crippen LogP contribution in [0, 0.1) is 0 Å². The van der Waals surface area contributed by atoms with Crippen molar-refractivity contribution in [2.45, 2.75) is 6.92 Å². The number of halogens is 1. The standard InChI is InChI=1S/C13H14ClNO4/c1-2-18-13(17)8-15-7-12(9-16)19-11-5-3-10(14)4-6-11/h3-7,9,15H,2,8H2,1H3. The number of nitrogens with one attached hydrogen (secondary N) is 1. The van der Waals surface area contributed by atoms with Crippen molar-refractivity contribution < 1.29 is 19.1 Å². The molecule has 0 unspecified atom stereocenters. The zero-order valence-electron chi connectivity index (χ0n) is 10.4. The monoisotopic (exact) mass is 283 g/mol. The van der Waals surface area contributed by atoms with Crippen LogP contribution in [-0.2, 0) is 14.3 Å². The van der Waals surface area contributed by atoms with Crippen LogP contribution >= 0.6 is 11.6 Å². The zero-order valence-corrected chi connectivity index (χ0v) is 11.1. The van der Waals surface area contributed by atoms with Gasteiger partial charge in [0.2, 0.25) is 0 Å². The fourth-order valence-corrected chi connectivity index (χ4v) is 1.30. The second kappa shape index (κ2) is 8.16. The summed E-state index contributed by atoms with van der Waals surface area (Å²) in [5.41, 5.74) is 0. The molecule has 1 rings (SSSR count). The first-order valence-corrected chi connectivity index (χ1v) is 6.01. The number of benzene rings is 1. The van der Waals surface area contributed by atoms with Crippen molar-refractivity contribution in [3.63, 3.8) is 0 Å². The Morgan fingerprint density at radius 3 is 2.63 bits per heavy atom. The maximum atomic E-state index is 11.1. The molecule has 0 aromatic heterocycles. The number of aldehydes is 1. The Morgan fingerprint density at radius 1 is 1.37 bits per heavy atom. The first-order chi connectivity index (χ1) is 9.15. The molecule has 0 spiro atoms. The number of carbonyl (C=O) groups is 2. The number of allylic oxidation sites excluding steroid dienone is 1. The molecule has 0 radical (unpaired) electrons. The van der Waals surface area contributed by atoms with E-state index >= 15 is 0 Å². The fourth-order valence-electron chi connectivity index (χ4n) is 1.17. The lowest BCUT2D eigenvalue weighted by atomic mass is 10.3. The van der Waals surface area contributed by atoms with E-state index in [9.17, 15) is 9.59 Å². The molecule has 1 aromatic rings. The maximum absolute atomic E-state index is 11.1. The Kier molecular flexibility index (Phi) is 6.46. The van der Waals surface area contributed by atoms with Gasteiger partial charge in [0.25, 0.3) is 0 Å². The van der Waals surface area contributed by atoms with Gasteiger partial charge in [0.05, 0.1) is 6.61 Å². The fraction of sp³-hybridized carbons (Fsp3) is 0.231. The Hall–Kier alpha value is -2.01. The van der Waals surface area contributed by atoms with Gasteiger partial charge in [-0.15, -0.1) is 0 Å². The Bertz CT molecular complexity index is 456. The molecule has 0 heterocycles. The molecule has 19 heavy (non-hydrogen) atoms. The summed E-state index contributed by atoms with van der Waals surface area (Å²) < 4.78 is 9.99. The summed E-state index contributed by atoms with van der Waals surface area (Å²) in [5.74, 6) is 0.114. The molecule has 0 amide bonds. The van der Waals surface area contributed by atoms with Gasteiger partial charge >= 0.3 is 5.97 Å². The third kappa shape index (κ3) is 5.92. The molecule has 0 bridgehead atoms. The Morgan fingerprint density at radius 2 is 2.05 bits per heavy atom. The van der Waals surface area contributed by atoms with Crippen LogP contribution in [0.4, 0.5) is 0 Å². The molecule has 6 heteroatoms. The lowest BCUT2D eigenvalue weighted by Gasteiger charge is -2.06. The molecule has 1 aromatic carbocycles. The van der Waals surface area contributed by atoms with E-state index in [1.807, 2.05) is 0 Å². The van der Waals surface area contributed by atoms with Crippen molar-refractivity contribution >= 4 is 23.9 Å². The molecular weight excluding hydrogens is 270 g/mol. The summed E-state index contributed by atoms with van der Waals surface area (Å²) in [5, 5.41) is 3.21. The lowest BCUT2D eigenvalue weighted by molar-refractivity contribution is -0.141. The van der Waals surface area contributed by atoms with E-state index in [0.29, 0.717) is 23.7 Å². The third-order valence-corrected chi connectivity index (χ3v) is 2.21. The SMILES string of the molecule is CCOC(=O)CNC=C(C=O)Oc1ccc(Cl)cc1. The van der Waals surface area contributed by atoms with Crippen molar-refractivity contribution in [3.05, 3.63) is 41.2 Å². The van der Waals surface area contributed by atoms with Gasteiger partial charge in [0.15, 0.2) is 12.0 Å². The second-order valence-corrected chi connectivity index (χ2v) is 3.84. The molecule has 5 nitrogen and oxygen atoms in total. The van der Waals surface area contributed by atoms with E-state index in [2.05, 4.69) is 5.32 Å². The van der Waals surface area contributed by atoms with Gasteiger partial charge in [0.1, 0.15) is 12.3 Å². The highest BCUT2D eigenvalue weighted by Crippen LogP contribution is 2.17. The molecule has 0 saturated heterocycles. The first-order valence-electron chi connectivity index (χ1n) is 5.63. The minimum absolute atomic E-state index is 0.0326. The average molecular weight is 284 g/mol. The van der Waals surface area contributed by atoms with E-state index in [1.165, 1.54) is 6.20 Å². The van der Waals surface area contributed by atoms with Gasteiger partial charge in [-0.1, -0.05) is 11.6 Å². The zero-order chi connectivity index (χ0) is 14.1. The Labute approximate surface area is 116 Å². The van der Waals surface area contributed by atoms with Gasteiger partial charge in [-0.2, -0.15) is 0 Å². The number of rotatable bonds is 7. The van der Waals surface area contributed by atoms with Crippen molar-refractivity contribution in [2.75, 3.05) is 13.2 Å². The molecule has 0 saturated carbocycles. The van der Waals surface area contributed by atoms with Crippen LogP contribution in [0.25, 0.3) is 0 Å². The summed E-state index contributed by atoms with van der Waals surface area (Å²) in [7, 11) is 0. The smallest absolute Gasteiger partial charge is 0.325 e. The van der Waals surface area contributed by atoms with Gasteiger partial charge in [-0.25, -0.2) is 0 Å². The van der Waals surface area contributed by atoms with Crippen LogP contribution in [0.1, 0.15) is 6.92 Å². The van der Waals surface area contributed by atoms with Gasteiger partial charge in [0, 0.05) is 11.2 Å². The summed E-state index contributed by atoms with van der Waals surface area (Å²) >= 11 is 5.73. The highest BCUT2D eigenvalue weighted by Gasteiger charge is 2.02. The number of hydrogen-bond acceptors (Lipinski definition) is 5. The summed E-state index contributed by atoms with van der Waals surface area (Å²) in [4.78, 5) is 21.9. The van der Waals surface area contributed by atoms with E-state index < -0.39 is 5.97 Å². The van der Waals surface area contributed by atoms with E-state index in [1.54, 1.807) is 31.2 Å². The summed E-state index contributed by atoms with van der Waals surface area (Å²) in [6, 6.07) is 6.55. The van der Waals surface area contributed by atoms with E-state index in [-0.39, 0.29) is 12.3 Å². The van der Waals surface area contributed by atoms with Gasteiger partial charge in [-0.05, 0) is 31.2 Å². The van der Waals surface area contributed by atoms with Gasteiger partial charge < -0.3 is 14.8 Å². The lowest BCUT2D eigenvalue weighted by Crippen LogP contribution is -2.21. The topological polar surface area (TPSA) is 64.6 Å². The molecule has 0 atom stereocenters. The molecule has 0 aliphatic carbocycles. The number of ether oxygens (including phenoxy) is 2. The quantitative estimate of drug-likeness (QED) is 0.358. The molecule has 0 aliphatic heterocycles. The van der Waals surface area contributed by atoms with Crippen LogP contribution in [0.5, 0.6) is 5.75 Å². The first kappa shape index (κ1) is 15.0. The highest BCUT2D eigenvalue weighted by molar-refractivity contribution is 6.30. The van der Waals surface area contributed by atoms with Crippen molar-refractivity contribution in [1.29, 1.82) is 0 Å². The average Bonchev–Trinajstić information content (AvgIpc) is 2.40. The van der Waals surface area contributed by atoms with Crippen molar-refractivity contribution in [2.24, 2.45) is 0 Å². The molecule has 1 N–H and O–H groups in total. The maximum Gasteiger partial charge on any atom is 0.325 e. The van der Waals surface area contributed by atoms with Crippen molar-refractivity contribution in [1.82, 2.24) is 5.32 Å². The van der Waals surface area contributed by atoms with Gasteiger partial charge in [-0.3, -0.25) is 9.59 Å². The number of hydrogen-bond donors (Lipinski definition) is 1. The van der Waals surface area contributed by atoms with E-state index in [4.69, 9.17) is 21.1 Å². The Balaban J connectivity index is 2.50.